The molecule has 0 unspecified atom stereocenters. The fourth-order valence-corrected chi connectivity index (χ4v) is 8.85. The molecule has 25 heavy (non-hydrogen) atoms. The maximum absolute atomic E-state index is 12.1. The molecule has 0 fully saturated rings. The number of ether oxygens (including phenoxy) is 1. The molecule has 0 spiro atoms. The first-order valence-corrected chi connectivity index (χ1v) is 13.0. The first-order valence-electron chi connectivity index (χ1n) is 10.2. The van der Waals surface area contributed by atoms with Crippen LogP contribution in [-0.4, -0.2) is 33.7 Å². The summed E-state index contributed by atoms with van der Waals surface area (Å²) in [5, 5.41) is 0. The molecule has 0 amide bonds. The molecule has 0 atom stereocenters. The summed E-state index contributed by atoms with van der Waals surface area (Å²) in [5.41, 5.74) is 0.732. The van der Waals surface area contributed by atoms with E-state index in [-0.39, 0.29) is 5.97 Å². The van der Waals surface area contributed by atoms with Crippen LogP contribution in [0.2, 0.25) is 3.43 Å². The van der Waals surface area contributed by atoms with E-state index in [2.05, 4.69) is 32.9 Å². The van der Waals surface area contributed by atoms with Gasteiger partial charge in [-0.05, 0) is 0 Å². The second-order valence-corrected chi connectivity index (χ2v) is 12.4. The molecule has 0 heterocycles. The molecule has 2 nitrogen and oxygen atoms in total. The van der Waals surface area contributed by atoms with Crippen LogP contribution in [0.15, 0.2) is 24.3 Å². The topological polar surface area (TPSA) is 26.3 Å². The van der Waals surface area contributed by atoms with E-state index in [1.165, 1.54) is 61.4 Å². The molecular weight excluding hydrogens is 415 g/mol. The first-order chi connectivity index (χ1) is 12.1. The zero-order chi connectivity index (χ0) is 18.5. The van der Waals surface area contributed by atoms with Crippen molar-refractivity contribution in [3.8, 4) is 0 Å². The van der Waals surface area contributed by atoms with Crippen molar-refractivity contribution >= 4 is 30.7 Å². The van der Waals surface area contributed by atoms with Gasteiger partial charge in [-0.15, -0.1) is 0 Å². The van der Waals surface area contributed by atoms with Gasteiger partial charge in [-0.1, -0.05) is 0 Å². The number of hydrogen-bond acceptors (Lipinski definition) is 2. The second-order valence-electron chi connectivity index (χ2n) is 7.02. The second kappa shape index (κ2) is 12.8. The van der Waals surface area contributed by atoms with E-state index < -0.39 is 21.1 Å². The van der Waals surface area contributed by atoms with Gasteiger partial charge in [0.1, 0.15) is 0 Å². The summed E-state index contributed by atoms with van der Waals surface area (Å²) in [4.78, 5) is 12.1. The van der Waals surface area contributed by atoms with Gasteiger partial charge < -0.3 is 0 Å². The van der Waals surface area contributed by atoms with Crippen LogP contribution >= 0.6 is 0 Å². The number of hydrogen-bond donors (Lipinski definition) is 0. The predicted octanol–water partition coefficient (Wildman–Crippen LogP) is 5.92. The van der Waals surface area contributed by atoms with Crippen molar-refractivity contribution < 1.29 is 9.53 Å². The van der Waals surface area contributed by atoms with Gasteiger partial charge in [-0.3, -0.25) is 0 Å². The Balaban J connectivity index is 3.00. The van der Waals surface area contributed by atoms with Crippen LogP contribution in [0, 0.1) is 0 Å². The van der Waals surface area contributed by atoms with Gasteiger partial charge in [-0.2, -0.15) is 0 Å². The Morgan fingerprint density at radius 1 is 0.960 bits per heavy atom. The SMILES string of the molecule is CCCC[C](CCCC)(CCCC)[Sn][c]1cccc(C(=O)OCC)c1. The summed E-state index contributed by atoms with van der Waals surface area (Å²) in [6, 6.07) is 8.33. The van der Waals surface area contributed by atoms with E-state index in [0.717, 1.165) is 5.56 Å². The Bertz CT molecular complexity index is 477. The summed E-state index contributed by atoms with van der Waals surface area (Å²) in [7, 11) is 0. The van der Waals surface area contributed by atoms with Crippen LogP contribution in [0.1, 0.15) is 95.8 Å². The zero-order valence-corrected chi connectivity index (χ0v) is 19.6. The van der Waals surface area contributed by atoms with Crippen LogP contribution in [0.5, 0.6) is 0 Å². The number of benzene rings is 1. The molecule has 0 bridgehead atoms. The summed E-state index contributed by atoms with van der Waals surface area (Å²) in [6.45, 7) is 9.21. The maximum atomic E-state index is 12.1. The molecule has 1 aromatic carbocycles. The third-order valence-electron chi connectivity index (χ3n) is 4.81. The standard InChI is InChI=1S/C13H27.C9H9O2.Sn/c1-4-7-10-13(11-8-5-2)12-9-6-3;1-2-11-9(10)8-6-4-3-5-7-8;/h4-12H2,1-3H3;3-4,6-7H,2H2,1H3;. The summed E-state index contributed by atoms with van der Waals surface area (Å²) >= 11 is -0.782. The fourth-order valence-electron chi connectivity index (χ4n) is 3.35. The number of unbranched alkanes of at least 4 members (excludes halogenated alkanes) is 3. The van der Waals surface area contributed by atoms with Crippen LogP contribution in [-0.2, 0) is 4.74 Å². The van der Waals surface area contributed by atoms with Crippen molar-refractivity contribution in [2.24, 2.45) is 0 Å². The van der Waals surface area contributed by atoms with Gasteiger partial charge in [0, 0.05) is 0 Å². The Morgan fingerprint density at radius 3 is 2.00 bits per heavy atom. The number of carbonyl (C=O) groups excluding carboxylic acids is 1. The molecule has 0 aliphatic carbocycles. The molecular formula is C22H36O2Sn. The predicted molar refractivity (Wildman–Crippen MR) is 109 cm³/mol. The van der Waals surface area contributed by atoms with E-state index in [1.807, 2.05) is 19.1 Å². The van der Waals surface area contributed by atoms with Crippen LogP contribution in [0.25, 0.3) is 0 Å². The Morgan fingerprint density at radius 2 is 1.52 bits per heavy atom. The first kappa shape index (κ1) is 22.5. The molecule has 0 N–H and O–H groups in total. The van der Waals surface area contributed by atoms with E-state index in [9.17, 15) is 4.79 Å². The van der Waals surface area contributed by atoms with Gasteiger partial charge >= 0.3 is 166 Å². The van der Waals surface area contributed by atoms with E-state index in [4.69, 9.17) is 4.74 Å². The van der Waals surface area contributed by atoms with E-state index >= 15 is 0 Å². The van der Waals surface area contributed by atoms with Crippen molar-refractivity contribution in [1.29, 1.82) is 0 Å². The molecule has 1 aromatic rings. The molecule has 0 aromatic heterocycles. The van der Waals surface area contributed by atoms with Crippen LogP contribution in [0.4, 0.5) is 0 Å². The minimum absolute atomic E-state index is 0.176. The average Bonchev–Trinajstić information content (AvgIpc) is 2.63. The molecule has 0 saturated carbocycles. The Kier molecular flexibility index (Phi) is 11.5. The van der Waals surface area contributed by atoms with Crippen molar-refractivity contribution in [3.05, 3.63) is 29.8 Å². The molecule has 0 aliphatic heterocycles. The van der Waals surface area contributed by atoms with Gasteiger partial charge in [0.25, 0.3) is 0 Å². The fraction of sp³-hybridized carbons (Fsp3) is 0.682. The van der Waals surface area contributed by atoms with Gasteiger partial charge in [0.15, 0.2) is 0 Å². The van der Waals surface area contributed by atoms with Gasteiger partial charge in [0.2, 0.25) is 0 Å². The summed E-state index contributed by atoms with van der Waals surface area (Å²) < 4.78 is 7.20. The van der Waals surface area contributed by atoms with Crippen molar-refractivity contribution in [1.82, 2.24) is 0 Å². The molecule has 2 radical (unpaired) electrons. The molecule has 0 aliphatic rings. The van der Waals surface area contributed by atoms with Crippen LogP contribution in [0.3, 0.4) is 0 Å². The van der Waals surface area contributed by atoms with E-state index in [1.54, 1.807) is 0 Å². The van der Waals surface area contributed by atoms with Gasteiger partial charge in [-0.25, -0.2) is 0 Å². The average molecular weight is 451 g/mol. The minimum atomic E-state index is -0.782. The van der Waals surface area contributed by atoms with E-state index in [0.29, 0.717) is 10.0 Å². The third kappa shape index (κ3) is 8.15. The number of esters is 1. The van der Waals surface area contributed by atoms with Crippen LogP contribution < -0.4 is 3.58 Å². The zero-order valence-electron chi connectivity index (χ0n) is 16.7. The Labute approximate surface area is 165 Å². The summed E-state index contributed by atoms with van der Waals surface area (Å²) in [6.07, 6.45) is 12.0. The molecule has 140 valence electrons. The molecule has 0 saturated heterocycles. The number of rotatable bonds is 13. The third-order valence-corrected chi connectivity index (χ3v) is 10.2. The van der Waals surface area contributed by atoms with Crippen molar-refractivity contribution in [3.63, 3.8) is 0 Å². The van der Waals surface area contributed by atoms with Gasteiger partial charge in [0.05, 0.1) is 0 Å². The molecule has 1 rings (SSSR count). The van der Waals surface area contributed by atoms with Crippen molar-refractivity contribution in [2.75, 3.05) is 6.61 Å². The normalized spacial score (nSPS) is 11.5. The van der Waals surface area contributed by atoms with Crippen molar-refractivity contribution in [2.45, 2.75) is 88.9 Å². The molecule has 3 heteroatoms. The quantitative estimate of drug-likeness (QED) is 0.275. The Hall–Kier alpha value is -0.511. The summed E-state index contributed by atoms with van der Waals surface area (Å²) in [5.74, 6) is -0.176. The monoisotopic (exact) mass is 452 g/mol. The number of carbonyl (C=O) groups is 1.